The third kappa shape index (κ3) is 5.01. The van der Waals surface area contributed by atoms with Gasteiger partial charge in [-0.2, -0.15) is 5.10 Å². The fraction of sp³-hybridized carbons (Fsp3) is 0.400. The van der Waals surface area contributed by atoms with E-state index in [0.717, 1.165) is 0 Å². The van der Waals surface area contributed by atoms with Crippen LogP contribution in [0.3, 0.4) is 0 Å². The Morgan fingerprint density at radius 2 is 2.25 bits per heavy atom. The Kier molecular flexibility index (Phi) is 2.69. The average Bonchev–Trinajstić information content (AvgIpc) is 1.61. The molecule has 0 bridgehead atoms. The zero-order valence-electron chi connectivity index (χ0n) is 5.26. The summed E-state index contributed by atoms with van der Waals surface area (Å²) in [5.74, 6) is 0. The number of hydrogen-bond acceptors (Lipinski definition) is 3. The molecule has 2 N–H and O–H groups in total. The van der Waals surface area contributed by atoms with E-state index >= 15 is 0 Å². The van der Waals surface area contributed by atoms with Crippen molar-refractivity contribution in [1.82, 2.24) is 5.01 Å². The standard InChI is InChI=1S/C5H11N3/c1-5(6)4-7-8(2)3/h4H,1,6H2,2-3H3/b7-4-. The van der Waals surface area contributed by atoms with E-state index in [0.29, 0.717) is 5.70 Å². The predicted molar refractivity (Wildman–Crippen MR) is 35.5 cm³/mol. The first-order valence-corrected chi connectivity index (χ1v) is 2.28. The molecule has 0 amide bonds. The van der Waals surface area contributed by atoms with Gasteiger partial charge in [-0.3, -0.25) is 0 Å². The first-order chi connectivity index (χ1) is 3.63. The van der Waals surface area contributed by atoms with Crippen LogP contribution >= 0.6 is 0 Å². The third-order valence-electron chi connectivity index (χ3n) is 0.454. The molecule has 0 spiro atoms. The van der Waals surface area contributed by atoms with Crippen LogP contribution in [0.4, 0.5) is 0 Å². The lowest BCUT2D eigenvalue weighted by Crippen LogP contribution is -2.04. The summed E-state index contributed by atoms with van der Waals surface area (Å²) < 4.78 is 0. The molecule has 0 radical (unpaired) electrons. The molecule has 46 valence electrons. The number of allylic oxidation sites excluding steroid dienone is 1. The van der Waals surface area contributed by atoms with Crippen molar-refractivity contribution >= 4 is 6.21 Å². The van der Waals surface area contributed by atoms with Crippen molar-refractivity contribution in [3.63, 3.8) is 0 Å². The van der Waals surface area contributed by atoms with Crippen LogP contribution in [0.25, 0.3) is 0 Å². The van der Waals surface area contributed by atoms with E-state index in [1.807, 2.05) is 14.1 Å². The highest BCUT2D eigenvalue weighted by molar-refractivity contribution is 5.75. The molecule has 8 heavy (non-hydrogen) atoms. The van der Waals surface area contributed by atoms with Gasteiger partial charge in [0.05, 0.1) is 6.21 Å². The fourth-order valence-electron chi connectivity index (χ4n) is 0.190. The summed E-state index contributed by atoms with van der Waals surface area (Å²) in [4.78, 5) is 0. The van der Waals surface area contributed by atoms with Crippen LogP contribution in [0.5, 0.6) is 0 Å². The second-order valence-corrected chi connectivity index (χ2v) is 1.67. The molecule has 0 aliphatic rings. The number of nitrogens with two attached hydrogens (primary N) is 1. The van der Waals surface area contributed by atoms with Crippen LogP contribution in [0.15, 0.2) is 17.4 Å². The third-order valence-corrected chi connectivity index (χ3v) is 0.454. The van der Waals surface area contributed by atoms with Crippen LogP contribution < -0.4 is 5.73 Å². The SMILES string of the molecule is C=C(N)/C=N\N(C)C. The maximum Gasteiger partial charge on any atom is 0.0693 e. The molecule has 0 aliphatic carbocycles. The monoisotopic (exact) mass is 113 g/mol. The minimum atomic E-state index is 0.471. The molecule has 0 fully saturated rings. The van der Waals surface area contributed by atoms with Crippen LogP contribution in [0.1, 0.15) is 0 Å². The number of hydrogen-bond donors (Lipinski definition) is 1. The number of rotatable bonds is 2. The van der Waals surface area contributed by atoms with E-state index in [2.05, 4.69) is 11.7 Å². The van der Waals surface area contributed by atoms with Gasteiger partial charge in [0.2, 0.25) is 0 Å². The van der Waals surface area contributed by atoms with E-state index in [9.17, 15) is 0 Å². The van der Waals surface area contributed by atoms with Gasteiger partial charge in [-0.15, -0.1) is 0 Å². The Hall–Kier alpha value is -0.990. The molecule has 0 rings (SSSR count). The molecule has 0 aliphatic heterocycles. The van der Waals surface area contributed by atoms with Crippen LogP contribution in [-0.4, -0.2) is 25.3 Å². The fourth-order valence-corrected chi connectivity index (χ4v) is 0.190. The van der Waals surface area contributed by atoms with Gasteiger partial charge < -0.3 is 10.7 Å². The maximum absolute atomic E-state index is 5.17. The minimum absolute atomic E-state index is 0.471. The molecule has 3 heteroatoms. The lowest BCUT2D eigenvalue weighted by atomic mass is 10.6. The predicted octanol–water partition coefficient (Wildman–Crippen LogP) is 0.00620. The summed E-state index contributed by atoms with van der Waals surface area (Å²) in [6, 6.07) is 0. The van der Waals surface area contributed by atoms with Crippen molar-refractivity contribution in [3.8, 4) is 0 Å². The molecule has 0 saturated heterocycles. The largest absolute Gasteiger partial charge is 0.398 e. The van der Waals surface area contributed by atoms with Gasteiger partial charge in [0.25, 0.3) is 0 Å². The number of hydrazone groups is 1. The summed E-state index contributed by atoms with van der Waals surface area (Å²) in [5, 5.41) is 5.46. The highest BCUT2D eigenvalue weighted by Crippen LogP contribution is 1.73. The zero-order chi connectivity index (χ0) is 6.57. The van der Waals surface area contributed by atoms with Crippen molar-refractivity contribution in [2.24, 2.45) is 10.8 Å². The molecule has 0 aromatic rings. The van der Waals surface area contributed by atoms with Crippen molar-refractivity contribution in [1.29, 1.82) is 0 Å². The van der Waals surface area contributed by atoms with Crippen molar-refractivity contribution in [3.05, 3.63) is 12.3 Å². The van der Waals surface area contributed by atoms with E-state index in [-0.39, 0.29) is 0 Å². The second kappa shape index (κ2) is 3.07. The zero-order valence-corrected chi connectivity index (χ0v) is 5.26. The summed E-state index contributed by atoms with van der Waals surface area (Å²) in [6.45, 7) is 3.43. The summed E-state index contributed by atoms with van der Waals surface area (Å²) >= 11 is 0. The first-order valence-electron chi connectivity index (χ1n) is 2.28. The first kappa shape index (κ1) is 7.01. The Morgan fingerprint density at radius 1 is 1.75 bits per heavy atom. The maximum atomic E-state index is 5.17. The Bertz CT molecular complexity index is 104. The molecule has 0 unspecified atom stereocenters. The molecule has 0 atom stereocenters. The highest BCUT2D eigenvalue weighted by Gasteiger charge is 1.75. The van der Waals surface area contributed by atoms with E-state index in [1.165, 1.54) is 6.21 Å². The van der Waals surface area contributed by atoms with Gasteiger partial charge >= 0.3 is 0 Å². The van der Waals surface area contributed by atoms with Gasteiger partial charge in [0.1, 0.15) is 0 Å². The molecular formula is C5H11N3. The van der Waals surface area contributed by atoms with Crippen LogP contribution in [0.2, 0.25) is 0 Å². The second-order valence-electron chi connectivity index (χ2n) is 1.67. The number of nitrogens with zero attached hydrogens (tertiary/aromatic N) is 2. The Balaban J connectivity index is 3.50. The Labute approximate surface area is 49.5 Å². The lowest BCUT2D eigenvalue weighted by molar-refractivity contribution is 0.440. The molecule has 0 heterocycles. The average molecular weight is 113 g/mol. The topological polar surface area (TPSA) is 41.6 Å². The smallest absolute Gasteiger partial charge is 0.0693 e. The van der Waals surface area contributed by atoms with Crippen molar-refractivity contribution in [2.75, 3.05) is 14.1 Å². The van der Waals surface area contributed by atoms with Crippen molar-refractivity contribution < 1.29 is 0 Å². The quantitative estimate of drug-likeness (QED) is 0.404. The van der Waals surface area contributed by atoms with E-state index < -0.39 is 0 Å². The highest BCUT2D eigenvalue weighted by atomic mass is 15.4. The van der Waals surface area contributed by atoms with Crippen molar-refractivity contribution in [2.45, 2.75) is 0 Å². The molecular weight excluding hydrogens is 102 g/mol. The minimum Gasteiger partial charge on any atom is -0.398 e. The van der Waals surface area contributed by atoms with E-state index in [1.54, 1.807) is 5.01 Å². The van der Waals surface area contributed by atoms with Crippen LogP contribution in [-0.2, 0) is 0 Å². The van der Waals surface area contributed by atoms with Gasteiger partial charge in [-0.05, 0) is 0 Å². The van der Waals surface area contributed by atoms with Gasteiger partial charge in [0, 0.05) is 19.8 Å². The molecule has 3 nitrogen and oxygen atoms in total. The normalized spacial score (nSPS) is 9.75. The summed E-state index contributed by atoms with van der Waals surface area (Å²) in [7, 11) is 3.64. The lowest BCUT2D eigenvalue weighted by Gasteiger charge is -2.00. The Morgan fingerprint density at radius 3 is 2.38 bits per heavy atom. The van der Waals surface area contributed by atoms with Gasteiger partial charge in [-0.1, -0.05) is 6.58 Å². The van der Waals surface area contributed by atoms with Crippen LogP contribution in [0, 0.1) is 0 Å². The molecule has 0 aromatic heterocycles. The van der Waals surface area contributed by atoms with Gasteiger partial charge in [-0.25, -0.2) is 0 Å². The van der Waals surface area contributed by atoms with E-state index in [4.69, 9.17) is 5.73 Å². The summed E-state index contributed by atoms with van der Waals surface area (Å²) in [5.41, 5.74) is 5.64. The summed E-state index contributed by atoms with van der Waals surface area (Å²) in [6.07, 6.45) is 1.50. The molecule has 0 saturated carbocycles. The molecule has 0 aromatic carbocycles. The van der Waals surface area contributed by atoms with Gasteiger partial charge in [0.15, 0.2) is 0 Å².